The third-order valence-corrected chi connectivity index (χ3v) is 9.46. The summed E-state index contributed by atoms with van der Waals surface area (Å²) in [6.45, 7) is 5.17. The van der Waals surface area contributed by atoms with Gasteiger partial charge < -0.3 is 27.9 Å². The Morgan fingerprint density at radius 3 is 1.61 bits per heavy atom. The number of rotatable bonds is 38. The van der Waals surface area contributed by atoms with E-state index in [1.165, 1.54) is 32.1 Å². The van der Waals surface area contributed by atoms with E-state index >= 15 is 0 Å². The van der Waals surface area contributed by atoms with Gasteiger partial charge in [-0.25, -0.2) is 0 Å². The molecule has 0 radical (unpaired) electrons. The second-order valence-corrected chi connectivity index (χ2v) is 16.4. The first kappa shape index (κ1) is 51.9. The minimum absolute atomic E-state index is 0.0153. The zero-order valence-electron chi connectivity index (χ0n) is 35.1. The highest BCUT2D eigenvalue weighted by Gasteiger charge is 2.20. The summed E-state index contributed by atoms with van der Waals surface area (Å²) in [6, 6.07) is 0. The lowest BCUT2D eigenvalue weighted by Crippen LogP contribution is -2.37. The molecule has 0 aliphatic carbocycles. The molecule has 0 saturated carbocycles. The lowest BCUT2D eigenvalue weighted by atomic mass is 10.1. The van der Waals surface area contributed by atoms with Gasteiger partial charge in [-0.05, 0) is 77.0 Å². The largest absolute Gasteiger partial charge is 0.756 e. The number of carbonyl (C=O) groups is 1. The van der Waals surface area contributed by atoms with Crippen molar-refractivity contribution in [2.24, 2.45) is 0 Å². The maximum Gasteiger partial charge on any atom is 0.306 e. The Kier molecular flexibility index (Phi) is 36.4. The van der Waals surface area contributed by atoms with E-state index in [0.717, 1.165) is 96.3 Å². The number of carbonyl (C=O) groups excluding carboxylic acids is 1. The summed E-state index contributed by atoms with van der Waals surface area (Å²) in [5.74, 6) is -0.359. The van der Waals surface area contributed by atoms with E-state index in [1.54, 1.807) is 0 Å². The molecule has 8 nitrogen and oxygen atoms in total. The van der Waals surface area contributed by atoms with E-state index in [4.69, 9.17) is 18.5 Å². The number of hydrogen-bond acceptors (Lipinski definition) is 7. The average Bonchev–Trinajstić information content (AvgIpc) is 3.12. The van der Waals surface area contributed by atoms with Crippen LogP contribution in [0.1, 0.15) is 149 Å². The average molecular weight is 778 g/mol. The number of allylic oxidation sites excluding steroid dienone is 12. The predicted octanol–water partition coefficient (Wildman–Crippen LogP) is 11.7. The number of likely N-dealkylation sites (N-methyl/N-ethyl adjacent to an activating group) is 1. The molecule has 0 aliphatic rings. The van der Waals surface area contributed by atoms with Crippen molar-refractivity contribution in [3.05, 3.63) is 72.9 Å². The topological polar surface area (TPSA) is 94.1 Å². The highest BCUT2D eigenvalue weighted by atomic mass is 31.2. The second kappa shape index (κ2) is 37.8. The summed E-state index contributed by atoms with van der Waals surface area (Å²) in [6.07, 6.45) is 47.7. The number of unbranched alkanes of at least 4 members (excludes halogenated alkanes) is 12. The summed E-state index contributed by atoms with van der Waals surface area (Å²) < 4.78 is 34.5. The maximum absolute atomic E-state index is 12.6. The first-order valence-electron chi connectivity index (χ1n) is 21.2. The number of ether oxygens (including phenoxy) is 2. The summed E-state index contributed by atoms with van der Waals surface area (Å²) in [5, 5.41) is 0. The first-order valence-corrected chi connectivity index (χ1v) is 22.6. The molecular formula is C45H80NO7P. The van der Waals surface area contributed by atoms with Crippen LogP contribution in [0.25, 0.3) is 0 Å². The third-order valence-electron chi connectivity index (χ3n) is 8.49. The van der Waals surface area contributed by atoms with Crippen LogP contribution >= 0.6 is 7.82 Å². The Balaban J connectivity index is 4.33. The fourth-order valence-corrected chi connectivity index (χ4v) is 5.93. The van der Waals surface area contributed by atoms with Gasteiger partial charge in [0.25, 0.3) is 7.82 Å². The molecule has 0 rings (SSSR count). The van der Waals surface area contributed by atoms with Gasteiger partial charge in [0.1, 0.15) is 19.3 Å². The molecule has 0 heterocycles. The maximum atomic E-state index is 12.6. The van der Waals surface area contributed by atoms with Gasteiger partial charge in [-0.1, -0.05) is 138 Å². The Morgan fingerprint density at radius 1 is 0.593 bits per heavy atom. The fourth-order valence-electron chi connectivity index (χ4n) is 5.20. The highest BCUT2D eigenvalue weighted by Crippen LogP contribution is 2.38. The molecule has 0 aromatic rings. The minimum atomic E-state index is -4.54. The Labute approximate surface area is 332 Å². The van der Waals surface area contributed by atoms with Gasteiger partial charge in [-0.15, -0.1) is 0 Å². The van der Waals surface area contributed by atoms with Crippen molar-refractivity contribution >= 4 is 13.8 Å². The van der Waals surface area contributed by atoms with Crippen molar-refractivity contribution in [1.82, 2.24) is 0 Å². The smallest absolute Gasteiger partial charge is 0.306 e. The van der Waals surface area contributed by atoms with E-state index < -0.39 is 13.9 Å². The summed E-state index contributed by atoms with van der Waals surface area (Å²) in [7, 11) is 1.32. The number of hydrogen-bond donors (Lipinski definition) is 0. The molecule has 0 amide bonds. The van der Waals surface area contributed by atoms with Gasteiger partial charge in [0.15, 0.2) is 0 Å². The van der Waals surface area contributed by atoms with E-state index in [1.807, 2.05) is 21.1 Å². The van der Waals surface area contributed by atoms with Crippen LogP contribution in [0.5, 0.6) is 0 Å². The molecular weight excluding hydrogens is 697 g/mol. The quantitative estimate of drug-likeness (QED) is 0.0202. The molecule has 2 atom stereocenters. The standard InChI is InChI=1S/C45H80NO7P/c1-6-8-10-12-14-16-18-20-22-23-24-25-27-29-31-33-35-37-40-50-42-44(43-52-54(48,49)51-41-39-46(3,4)5)53-45(47)38-36-34-32-30-28-26-21-19-17-15-13-11-9-7-2/h8,10,13-16,19-22,24-25,44H,6-7,9,11-12,17-18,23,26-43H2,1-5H3/b10-8-,15-13-,16-14-,21-19-,22-20-,25-24-. The monoisotopic (exact) mass is 778 g/mol. The molecule has 0 spiro atoms. The fraction of sp³-hybridized carbons (Fsp3) is 0.711. The van der Waals surface area contributed by atoms with Crippen LogP contribution in [0.4, 0.5) is 0 Å². The lowest BCUT2D eigenvalue weighted by Gasteiger charge is -2.28. The van der Waals surface area contributed by atoms with Crippen molar-refractivity contribution in [3.63, 3.8) is 0 Å². The number of quaternary nitrogens is 1. The predicted molar refractivity (Wildman–Crippen MR) is 226 cm³/mol. The van der Waals surface area contributed by atoms with E-state index in [9.17, 15) is 14.3 Å². The van der Waals surface area contributed by atoms with Crippen molar-refractivity contribution in [2.75, 3.05) is 54.1 Å². The molecule has 54 heavy (non-hydrogen) atoms. The van der Waals surface area contributed by atoms with E-state index in [-0.39, 0.29) is 32.2 Å². The second-order valence-electron chi connectivity index (χ2n) is 15.0. The minimum Gasteiger partial charge on any atom is -0.756 e. The first-order chi connectivity index (χ1) is 26.1. The number of esters is 1. The van der Waals surface area contributed by atoms with Gasteiger partial charge >= 0.3 is 5.97 Å². The summed E-state index contributed by atoms with van der Waals surface area (Å²) in [5.41, 5.74) is 0. The Morgan fingerprint density at radius 2 is 1.07 bits per heavy atom. The highest BCUT2D eigenvalue weighted by molar-refractivity contribution is 7.45. The van der Waals surface area contributed by atoms with Crippen LogP contribution in [0, 0.1) is 0 Å². The van der Waals surface area contributed by atoms with Crippen LogP contribution in [-0.2, 0) is 27.9 Å². The van der Waals surface area contributed by atoms with Crippen LogP contribution in [0.2, 0.25) is 0 Å². The van der Waals surface area contributed by atoms with Crippen molar-refractivity contribution in [1.29, 1.82) is 0 Å². The van der Waals surface area contributed by atoms with Gasteiger partial charge in [-0.3, -0.25) is 9.36 Å². The third kappa shape index (κ3) is 41.1. The molecule has 0 N–H and O–H groups in total. The number of phosphoric ester groups is 1. The molecule has 0 aliphatic heterocycles. The van der Waals surface area contributed by atoms with Gasteiger partial charge in [0, 0.05) is 13.0 Å². The molecule has 0 aromatic heterocycles. The van der Waals surface area contributed by atoms with Crippen molar-refractivity contribution in [3.8, 4) is 0 Å². The molecule has 0 fully saturated rings. The van der Waals surface area contributed by atoms with Crippen molar-refractivity contribution < 1.29 is 37.3 Å². The zero-order valence-corrected chi connectivity index (χ0v) is 36.0. The number of phosphoric acid groups is 1. The van der Waals surface area contributed by atoms with Gasteiger partial charge in [0.2, 0.25) is 0 Å². The SMILES string of the molecule is CC/C=C\C/C=C\C/C=C\C/C=C\CCCCCCCOCC(COP(=O)([O-])OCC[N+](C)(C)C)OC(=O)CCCCCCC/C=C\C/C=C\CCCC. The molecule has 9 heteroatoms. The molecule has 0 bridgehead atoms. The normalized spacial score (nSPS) is 14.6. The number of nitrogens with zero attached hydrogens (tertiary/aromatic N) is 1. The molecule has 0 aromatic carbocycles. The van der Waals surface area contributed by atoms with Crippen LogP contribution in [-0.4, -0.2) is 70.7 Å². The molecule has 312 valence electrons. The zero-order chi connectivity index (χ0) is 39.9. The van der Waals surface area contributed by atoms with Gasteiger partial charge in [0.05, 0.1) is 34.4 Å². The van der Waals surface area contributed by atoms with Crippen LogP contribution in [0.3, 0.4) is 0 Å². The van der Waals surface area contributed by atoms with E-state index in [0.29, 0.717) is 17.6 Å². The Bertz CT molecular complexity index is 1090. The van der Waals surface area contributed by atoms with Crippen LogP contribution < -0.4 is 4.89 Å². The van der Waals surface area contributed by atoms with E-state index in [2.05, 4.69) is 86.8 Å². The summed E-state index contributed by atoms with van der Waals surface area (Å²) in [4.78, 5) is 25.0. The van der Waals surface area contributed by atoms with Crippen molar-refractivity contribution in [2.45, 2.75) is 155 Å². The summed E-state index contributed by atoms with van der Waals surface area (Å²) >= 11 is 0. The lowest BCUT2D eigenvalue weighted by molar-refractivity contribution is -0.870. The molecule has 2 unspecified atom stereocenters. The van der Waals surface area contributed by atoms with Crippen LogP contribution in [0.15, 0.2) is 72.9 Å². The molecule has 0 saturated heterocycles. The van der Waals surface area contributed by atoms with Gasteiger partial charge in [-0.2, -0.15) is 0 Å². The Hall–Kier alpha value is -2.06.